The van der Waals surface area contributed by atoms with Crippen molar-refractivity contribution in [2.75, 3.05) is 27.2 Å². The van der Waals surface area contributed by atoms with E-state index in [1.165, 1.54) is 28.3 Å². The maximum atomic E-state index is 12.6. The number of aryl methyl sites for hydroxylation is 1. The van der Waals surface area contributed by atoms with Gasteiger partial charge in [-0.2, -0.15) is 17.0 Å². The second-order valence-electron chi connectivity index (χ2n) is 6.84. The van der Waals surface area contributed by atoms with Gasteiger partial charge in [-0.1, -0.05) is 36.8 Å². The Bertz CT molecular complexity index is 678. The number of nitrogens with one attached hydrogen (secondary N) is 1. The van der Waals surface area contributed by atoms with E-state index in [4.69, 9.17) is 0 Å². The van der Waals surface area contributed by atoms with Gasteiger partial charge in [-0.25, -0.2) is 0 Å². The number of benzene rings is 1. The third kappa shape index (κ3) is 4.80. The van der Waals surface area contributed by atoms with Crippen LogP contribution in [0, 0.1) is 12.8 Å². The lowest BCUT2D eigenvalue weighted by atomic mass is 9.95. The first-order valence-electron chi connectivity index (χ1n) is 8.80. The molecule has 1 N–H and O–H groups in total. The monoisotopic (exact) mass is 367 g/mol. The fourth-order valence-electron chi connectivity index (χ4n) is 3.09. The van der Waals surface area contributed by atoms with E-state index in [0.717, 1.165) is 12.0 Å². The molecule has 1 aliphatic heterocycles. The summed E-state index contributed by atoms with van der Waals surface area (Å²) in [6.45, 7) is 4.87. The molecule has 1 amide bonds. The van der Waals surface area contributed by atoms with Crippen LogP contribution in [0.1, 0.15) is 43.4 Å². The highest BCUT2D eigenvalue weighted by Gasteiger charge is 2.32. The topological polar surface area (TPSA) is 69.7 Å². The molecule has 0 aliphatic carbocycles. The zero-order chi connectivity index (χ0) is 18.6. The molecule has 0 spiro atoms. The van der Waals surface area contributed by atoms with Gasteiger partial charge in [-0.15, -0.1) is 0 Å². The molecule has 1 atom stereocenters. The standard InChI is InChI=1S/C18H29N3O3S/c1-5-17(15-8-6-14(2)7-9-15)19-18(22)16-10-12-21(13-11-16)25(23,24)20(3)4/h6-9,16-17H,5,10-13H2,1-4H3,(H,19,22)/t17-/m1/s1. The van der Waals surface area contributed by atoms with Gasteiger partial charge < -0.3 is 5.32 Å². The largest absolute Gasteiger partial charge is 0.349 e. The van der Waals surface area contributed by atoms with Crippen LogP contribution in [0.3, 0.4) is 0 Å². The quantitative estimate of drug-likeness (QED) is 0.837. The number of hydrogen-bond acceptors (Lipinski definition) is 3. The smallest absolute Gasteiger partial charge is 0.281 e. The molecule has 6 nitrogen and oxygen atoms in total. The van der Waals surface area contributed by atoms with Crippen LogP contribution in [-0.4, -0.2) is 50.1 Å². The summed E-state index contributed by atoms with van der Waals surface area (Å²) in [7, 11) is -0.330. The molecule has 0 radical (unpaired) electrons. The molecule has 0 unspecified atom stereocenters. The molecule has 1 aromatic carbocycles. The van der Waals surface area contributed by atoms with Gasteiger partial charge in [0, 0.05) is 33.1 Å². The number of piperidine rings is 1. The van der Waals surface area contributed by atoms with Gasteiger partial charge in [-0.05, 0) is 31.7 Å². The van der Waals surface area contributed by atoms with E-state index in [1.54, 1.807) is 0 Å². The molecule has 1 aliphatic rings. The van der Waals surface area contributed by atoms with Crippen molar-refractivity contribution in [3.63, 3.8) is 0 Å². The zero-order valence-electron chi connectivity index (χ0n) is 15.5. The number of carbonyl (C=O) groups is 1. The molecule has 140 valence electrons. The summed E-state index contributed by atoms with van der Waals surface area (Å²) in [5, 5.41) is 3.13. The first kappa shape index (κ1) is 19.9. The van der Waals surface area contributed by atoms with E-state index >= 15 is 0 Å². The minimum Gasteiger partial charge on any atom is -0.349 e. The summed E-state index contributed by atoms with van der Waals surface area (Å²) in [6, 6.07) is 8.20. The molecule has 1 saturated heterocycles. The average molecular weight is 368 g/mol. The van der Waals surface area contributed by atoms with Crippen molar-refractivity contribution in [3.05, 3.63) is 35.4 Å². The molecule has 1 aromatic rings. The average Bonchev–Trinajstić information content (AvgIpc) is 2.60. The van der Waals surface area contributed by atoms with E-state index in [-0.39, 0.29) is 17.9 Å². The van der Waals surface area contributed by atoms with Crippen molar-refractivity contribution >= 4 is 16.1 Å². The molecular formula is C18H29N3O3S. The van der Waals surface area contributed by atoms with Gasteiger partial charge >= 0.3 is 0 Å². The van der Waals surface area contributed by atoms with Crippen LogP contribution in [0.25, 0.3) is 0 Å². The normalized spacial score (nSPS) is 18.3. The SMILES string of the molecule is CC[C@@H](NC(=O)C1CCN(S(=O)(=O)N(C)C)CC1)c1ccc(C)cc1. The molecule has 0 bridgehead atoms. The van der Waals surface area contributed by atoms with Crippen LogP contribution in [0.5, 0.6) is 0 Å². The highest BCUT2D eigenvalue weighted by Crippen LogP contribution is 2.23. The van der Waals surface area contributed by atoms with Crippen molar-refractivity contribution in [3.8, 4) is 0 Å². The van der Waals surface area contributed by atoms with E-state index in [2.05, 4.69) is 36.5 Å². The molecule has 2 rings (SSSR count). The lowest BCUT2D eigenvalue weighted by Crippen LogP contribution is -2.47. The fraction of sp³-hybridized carbons (Fsp3) is 0.611. The Labute approximate surface area is 151 Å². The molecule has 1 heterocycles. The lowest BCUT2D eigenvalue weighted by Gasteiger charge is -2.32. The molecule has 0 aromatic heterocycles. The van der Waals surface area contributed by atoms with E-state index < -0.39 is 10.2 Å². The van der Waals surface area contributed by atoms with Crippen molar-refractivity contribution in [2.24, 2.45) is 5.92 Å². The fourth-order valence-corrected chi connectivity index (χ4v) is 4.22. The Morgan fingerprint density at radius 3 is 2.28 bits per heavy atom. The Morgan fingerprint density at radius 2 is 1.80 bits per heavy atom. The first-order valence-corrected chi connectivity index (χ1v) is 10.2. The highest BCUT2D eigenvalue weighted by molar-refractivity contribution is 7.86. The van der Waals surface area contributed by atoms with Crippen LogP contribution in [-0.2, 0) is 15.0 Å². The van der Waals surface area contributed by atoms with Crippen molar-refractivity contribution in [1.29, 1.82) is 0 Å². The van der Waals surface area contributed by atoms with E-state index in [0.29, 0.717) is 25.9 Å². The predicted molar refractivity (Wildman–Crippen MR) is 99.3 cm³/mol. The molecule has 0 saturated carbocycles. The minimum absolute atomic E-state index is 0.00311. The van der Waals surface area contributed by atoms with Gasteiger partial charge in [0.2, 0.25) is 5.91 Å². The molecule has 1 fully saturated rings. The van der Waals surface area contributed by atoms with E-state index in [9.17, 15) is 13.2 Å². The number of hydrogen-bond donors (Lipinski definition) is 1. The third-order valence-electron chi connectivity index (χ3n) is 4.82. The third-order valence-corrected chi connectivity index (χ3v) is 6.76. The summed E-state index contributed by atoms with van der Waals surface area (Å²) >= 11 is 0. The predicted octanol–water partition coefficient (Wildman–Crippen LogP) is 2.08. The summed E-state index contributed by atoms with van der Waals surface area (Å²) < 4.78 is 27.0. The van der Waals surface area contributed by atoms with Crippen LogP contribution in [0.2, 0.25) is 0 Å². The molecule has 7 heteroatoms. The zero-order valence-corrected chi connectivity index (χ0v) is 16.3. The van der Waals surface area contributed by atoms with Gasteiger partial charge in [0.05, 0.1) is 6.04 Å². The molecular weight excluding hydrogens is 338 g/mol. The highest BCUT2D eigenvalue weighted by atomic mass is 32.2. The Morgan fingerprint density at radius 1 is 1.24 bits per heavy atom. The number of carbonyl (C=O) groups excluding carboxylic acids is 1. The van der Waals surface area contributed by atoms with Crippen molar-refractivity contribution in [2.45, 2.75) is 39.2 Å². The van der Waals surface area contributed by atoms with Crippen LogP contribution < -0.4 is 5.32 Å². The van der Waals surface area contributed by atoms with Crippen molar-refractivity contribution in [1.82, 2.24) is 13.9 Å². The van der Waals surface area contributed by atoms with Crippen LogP contribution in [0.4, 0.5) is 0 Å². The number of nitrogens with zero attached hydrogens (tertiary/aromatic N) is 2. The Balaban J connectivity index is 1.94. The Hall–Kier alpha value is -1.44. The molecule has 25 heavy (non-hydrogen) atoms. The first-order chi connectivity index (χ1) is 11.8. The summed E-state index contributed by atoms with van der Waals surface area (Å²) in [5.41, 5.74) is 2.30. The second kappa shape index (κ2) is 8.29. The van der Waals surface area contributed by atoms with Crippen molar-refractivity contribution < 1.29 is 13.2 Å². The summed E-state index contributed by atoms with van der Waals surface area (Å²) in [6.07, 6.45) is 1.94. The number of amides is 1. The van der Waals surface area contributed by atoms with Gasteiger partial charge in [-0.3, -0.25) is 4.79 Å². The lowest BCUT2D eigenvalue weighted by molar-refractivity contribution is -0.126. The summed E-state index contributed by atoms with van der Waals surface area (Å²) in [4.78, 5) is 12.6. The minimum atomic E-state index is -3.39. The van der Waals surface area contributed by atoms with Gasteiger partial charge in [0.1, 0.15) is 0 Å². The maximum Gasteiger partial charge on any atom is 0.281 e. The second-order valence-corrected chi connectivity index (χ2v) is 8.99. The maximum absolute atomic E-state index is 12.6. The van der Waals surface area contributed by atoms with Crippen LogP contribution in [0.15, 0.2) is 24.3 Å². The van der Waals surface area contributed by atoms with Crippen LogP contribution >= 0.6 is 0 Å². The van der Waals surface area contributed by atoms with Gasteiger partial charge in [0.25, 0.3) is 10.2 Å². The number of rotatable bonds is 6. The summed E-state index contributed by atoms with van der Waals surface area (Å²) in [5.74, 6) is -0.109. The van der Waals surface area contributed by atoms with E-state index in [1.807, 2.05) is 6.92 Å². The van der Waals surface area contributed by atoms with Gasteiger partial charge in [0.15, 0.2) is 0 Å². The Kier molecular flexibility index (Phi) is 6.59.